The number of benzene rings is 1. The van der Waals surface area contributed by atoms with Gasteiger partial charge in [0.05, 0.1) is 10.7 Å². The van der Waals surface area contributed by atoms with E-state index >= 15 is 0 Å². The summed E-state index contributed by atoms with van der Waals surface area (Å²) in [6.45, 7) is 6.02. The summed E-state index contributed by atoms with van der Waals surface area (Å²) >= 11 is 5.93. The monoisotopic (exact) mass is 304 g/mol. The maximum atomic E-state index is 12.3. The molecule has 1 aromatic carbocycles. The molecule has 2 unspecified atom stereocenters. The molecule has 3 N–H and O–H groups in total. The first-order chi connectivity index (χ1) is 8.77. The van der Waals surface area contributed by atoms with Gasteiger partial charge in [0.15, 0.2) is 0 Å². The Bertz CT molecular complexity index is 511. The van der Waals surface area contributed by atoms with Gasteiger partial charge in [-0.05, 0) is 31.4 Å². The second-order valence-corrected chi connectivity index (χ2v) is 6.99. The molecule has 0 aliphatic carbocycles. The van der Waals surface area contributed by atoms with E-state index in [2.05, 4.69) is 18.6 Å². The molecule has 0 saturated heterocycles. The van der Waals surface area contributed by atoms with Crippen molar-refractivity contribution >= 4 is 27.3 Å². The van der Waals surface area contributed by atoms with Crippen molar-refractivity contribution in [2.45, 2.75) is 44.6 Å². The van der Waals surface area contributed by atoms with E-state index in [0.29, 0.717) is 5.92 Å². The minimum absolute atomic E-state index is 0.0346. The lowest BCUT2D eigenvalue weighted by molar-refractivity contribution is 0.445. The van der Waals surface area contributed by atoms with Gasteiger partial charge in [0.1, 0.15) is 4.90 Å². The Balaban J connectivity index is 2.93. The Morgan fingerprint density at radius 3 is 2.53 bits per heavy atom. The zero-order valence-electron chi connectivity index (χ0n) is 11.5. The summed E-state index contributed by atoms with van der Waals surface area (Å²) in [6, 6.07) is 4.51. The molecule has 2 atom stereocenters. The molecule has 0 amide bonds. The third-order valence-electron chi connectivity index (χ3n) is 3.08. The highest BCUT2D eigenvalue weighted by Gasteiger charge is 2.23. The molecule has 1 rings (SSSR count). The van der Waals surface area contributed by atoms with Crippen LogP contribution >= 0.6 is 11.6 Å². The molecule has 6 heteroatoms. The van der Waals surface area contributed by atoms with Crippen LogP contribution in [0.15, 0.2) is 23.1 Å². The van der Waals surface area contributed by atoms with E-state index in [1.165, 1.54) is 12.1 Å². The first-order valence-electron chi connectivity index (χ1n) is 6.34. The minimum atomic E-state index is -3.68. The number of halogens is 1. The lowest BCUT2D eigenvalue weighted by Gasteiger charge is -2.18. The van der Waals surface area contributed by atoms with E-state index in [9.17, 15) is 8.42 Å². The van der Waals surface area contributed by atoms with Crippen molar-refractivity contribution in [2.24, 2.45) is 5.92 Å². The largest absolute Gasteiger partial charge is 0.398 e. The van der Waals surface area contributed by atoms with Gasteiger partial charge in [0, 0.05) is 6.04 Å². The Labute approximate surface area is 120 Å². The number of rotatable bonds is 6. The number of sulfonamides is 1. The van der Waals surface area contributed by atoms with Gasteiger partial charge in [-0.25, -0.2) is 13.1 Å². The van der Waals surface area contributed by atoms with Crippen LogP contribution in [-0.4, -0.2) is 14.5 Å². The molecule has 0 fully saturated rings. The second kappa shape index (κ2) is 6.59. The predicted octanol–water partition coefficient (Wildman–Crippen LogP) is 3.03. The van der Waals surface area contributed by atoms with E-state index < -0.39 is 10.0 Å². The van der Waals surface area contributed by atoms with Crippen LogP contribution < -0.4 is 10.5 Å². The van der Waals surface area contributed by atoms with E-state index in [1.54, 1.807) is 6.07 Å². The lowest BCUT2D eigenvalue weighted by atomic mass is 10.0. The van der Waals surface area contributed by atoms with Crippen LogP contribution in [0.25, 0.3) is 0 Å². The van der Waals surface area contributed by atoms with Crippen LogP contribution in [0.5, 0.6) is 0 Å². The van der Waals surface area contributed by atoms with Crippen LogP contribution in [0.1, 0.15) is 33.6 Å². The Morgan fingerprint density at radius 1 is 1.37 bits per heavy atom. The summed E-state index contributed by atoms with van der Waals surface area (Å²) in [6.07, 6.45) is 1.79. The van der Waals surface area contributed by atoms with Crippen molar-refractivity contribution in [1.82, 2.24) is 4.72 Å². The number of nitrogens with two attached hydrogens (primary N) is 1. The summed E-state index contributed by atoms with van der Waals surface area (Å²) in [5.41, 5.74) is 5.87. The van der Waals surface area contributed by atoms with Crippen molar-refractivity contribution < 1.29 is 8.42 Å². The molecule has 0 aliphatic heterocycles. The molecule has 1 aromatic rings. The fraction of sp³-hybridized carbons (Fsp3) is 0.538. The van der Waals surface area contributed by atoms with Crippen molar-refractivity contribution in [3.63, 3.8) is 0 Å². The second-order valence-electron chi connectivity index (χ2n) is 4.93. The molecular weight excluding hydrogens is 284 g/mol. The number of anilines is 1. The molecule has 0 heterocycles. The van der Waals surface area contributed by atoms with Crippen LogP contribution in [0.3, 0.4) is 0 Å². The summed E-state index contributed by atoms with van der Waals surface area (Å²) in [7, 11) is -3.68. The minimum Gasteiger partial charge on any atom is -0.398 e. The average Bonchev–Trinajstić information content (AvgIpc) is 2.26. The third-order valence-corrected chi connectivity index (χ3v) is 5.21. The predicted molar refractivity (Wildman–Crippen MR) is 79.7 cm³/mol. The molecule has 0 spiro atoms. The van der Waals surface area contributed by atoms with Gasteiger partial charge in [-0.1, -0.05) is 37.9 Å². The molecule has 0 radical (unpaired) electrons. The highest BCUT2D eigenvalue weighted by molar-refractivity contribution is 7.89. The first kappa shape index (κ1) is 16.3. The quantitative estimate of drug-likeness (QED) is 0.793. The highest BCUT2D eigenvalue weighted by atomic mass is 35.5. The van der Waals surface area contributed by atoms with Crippen LogP contribution in [0, 0.1) is 5.92 Å². The molecule has 108 valence electrons. The maximum Gasteiger partial charge on any atom is 0.244 e. The average molecular weight is 305 g/mol. The van der Waals surface area contributed by atoms with E-state index in [1.807, 2.05) is 6.92 Å². The summed E-state index contributed by atoms with van der Waals surface area (Å²) in [4.78, 5) is -0.0346. The molecular formula is C13H21ClN2O2S. The smallest absolute Gasteiger partial charge is 0.244 e. The van der Waals surface area contributed by atoms with Crippen molar-refractivity contribution in [1.29, 1.82) is 0 Å². The van der Waals surface area contributed by atoms with Crippen molar-refractivity contribution in [3.05, 3.63) is 23.2 Å². The fourth-order valence-corrected chi connectivity index (χ4v) is 3.88. The third kappa shape index (κ3) is 4.37. The lowest BCUT2D eigenvalue weighted by Crippen LogP contribution is -2.34. The van der Waals surface area contributed by atoms with Crippen LogP contribution in [0.2, 0.25) is 5.02 Å². The van der Waals surface area contributed by atoms with E-state index in [0.717, 1.165) is 12.8 Å². The maximum absolute atomic E-state index is 12.3. The Kier molecular flexibility index (Phi) is 5.64. The zero-order chi connectivity index (χ0) is 14.6. The summed E-state index contributed by atoms with van der Waals surface area (Å²) in [5.74, 6) is 0.460. The van der Waals surface area contributed by atoms with Crippen molar-refractivity contribution in [2.75, 3.05) is 5.73 Å². The van der Waals surface area contributed by atoms with Gasteiger partial charge in [-0.3, -0.25) is 0 Å². The van der Waals surface area contributed by atoms with Gasteiger partial charge in [0.25, 0.3) is 0 Å². The number of hydrogen-bond acceptors (Lipinski definition) is 3. The normalized spacial score (nSPS) is 15.2. The first-order valence-corrected chi connectivity index (χ1v) is 8.20. The van der Waals surface area contributed by atoms with Gasteiger partial charge >= 0.3 is 0 Å². The highest BCUT2D eigenvalue weighted by Crippen LogP contribution is 2.27. The molecule has 0 saturated carbocycles. The molecule has 0 aliphatic rings. The molecule has 19 heavy (non-hydrogen) atoms. The molecule has 4 nitrogen and oxygen atoms in total. The summed E-state index contributed by atoms with van der Waals surface area (Å²) in [5, 5.41) is 0.142. The van der Waals surface area contributed by atoms with Gasteiger partial charge in [-0.15, -0.1) is 0 Å². The number of hydrogen-bond donors (Lipinski definition) is 2. The molecule has 0 bridgehead atoms. The van der Waals surface area contributed by atoms with E-state index in [4.69, 9.17) is 17.3 Å². The van der Waals surface area contributed by atoms with Gasteiger partial charge in [-0.2, -0.15) is 0 Å². The topological polar surface area (TPSA) is 72.2 Å². The SMILES string of the molecule is CCC(C)CC(C)NS(=O)(=O)c1c(N)cccc1Cl. The molecule has 0 aromatic heterocycles. The Morgan fingerprint density at radius 2 is 2.00 bits per heavy atom. The summed E-state index contributed by atoms with van der Waals surface area (Å²) < 4.78 is 27.2. The van der Waals surface area contributed by atoms with Crippen LogP contribution in [0.4, 0.5) is 5.69 Å². The standard InChI is InChI=1S/C13H21ClN2O2S/c1-4-9(2)8-10(3)16-19(17,18)13-11(14)6-5-7-12(13)15/h5-7,9-10,16H,4,8,15H2,1-3H3. The van der Waals surface area contributed by atoms with Crippen molar-refractivity contribution in [3.8, 4) is 0 Å². The van der Waals surface area contributed by atoms with Crippen LogP contribution in [-0.2, 0) is 10.0 Å². The van der Waals surface area contributed by atoms with Gasteiger partial charge < -0.3 is 5.73 Å². The fourth-order valence-electron chi connectivity index (χ4n) is 1.95. The number of nitrogens with one attached hydrogen (secondary N) is 1. The number of nitrogen functional groups attached to an aromatic ring is 1. The van der Waals surface area contributed by atoms with E-state index in [-0.39, 0.29) is 21.6 Å². The van der Waals surface area contributed by atoms with Gasteiger partial charge in [0.2, 0.25) is 10.0 Å². The zero-order valence-corrected chi connectivity index (χ0v) is 13.1. The Hall–Kier alpha value is -0.780.